The van der Waals surface area contributed by atoms with Gasteiger partial charge < -0.3 is 0 Å². The van der Waals surface area contributed by atoms with Gasteiger partial charge in [-0.15, -0.1) is 10.2 Å². The minimum atomic E-state index is 0.771. The summed E-state index contributed by atoms with van der Waals surface area (Å²) in [5.41, 5.74) is 8.65. The lowest BCUT2D eigenvalue weighted by Gasteiger charge is -2.12. The summed E-state index contributed by atoms with van der Waals surface area (Å²) in [6.45, 7) is 0. The van der Waals surface area contributed by atoms with E-state index in [1.165, 1.54) is 0 Å². The number of aromatic nitrogens is 5. The van der Waals surface area contributed by atoms with E-state index in [4.69, 9.17) is 9.97 Å². The Morgan fingerprint density at radius 2 is 0.837 bits per heavy atom. The summed E-state index contributed by atoms with van der Waals surface area (Å²) in [4.78, 5) is 10.2. The van der Waals surface area contributed by atoms with Crippen molar-refractivity contribution in [2.24, 2.45) is 0 Å². The van der Waals surface area contributed by atoms with Crippen LogP contribution in [-0.2, 0) is 0 Å². The molecule has 5 heteroatoms. The largest absolute Gasteiger partial charge is 0.275 e. The Kier molecular flexibility index (Phi) is 6.05. The highest BCUT2D eigenvalue weighted by Gasteiger charge is 2.18. The molecule has 5 aromatic carbocycles. The molecule has 0 fully saturated rings. The first-order valence-electron chi connectivity index (χ1n) is 14.2. The van der Waals surface area contributed by atoms with Crippen molar-refractivity contribution < 1.29 is 0 Å². The summed E-state index contributed by atoms with van der Waals surface area (Å²) in [5, 5.41) is 11.4. The van der Waals surface area contributed by atoms with E-state index in [1.54, 1.807) is 0 Å². The van der Waals surface area contributed by atoms with Gasteiger partial charge in [-0.25, -0.2) is 9.97 Å². The molecule has 0 atom stereocenters. The van der Waals surface area contributed by atoms with Crippen LogP contribution >= 0.6 is 0 Å². The second-order valence-electron chi connectivity index (χ2n) is 10.4. The third-order valence-corrected chi connectivity index (χ3v) is 7.72. The fourth-order valence-electron chi connectivity index (χ4n) is 5.58. The van der Waals surface area contributed by atoms with Crippen LogP contribution in [0, 0.1) is 0 Å². The Balaban J connectivity index is 1.26. The van der Waals surface area contributed by atoms with Gasteiger partial charge in [-0.1, -0.05) is 121 Å². The van der Waals surface area contributed by atoms with E-state index < -0.39 is 0 Å². The highest BCUT2D eigenvalue weighted by atomic mass is 15.3. The van der Waals surface area contributed by atoms with Crippen molar-refractivity contribution in [2.45, 2.75) is 0 Å². The van der Waals surface area contributed by atoms with Crippen molar-refractivity contribution in [3.05, 3.63) is 152 Å². The molecule has 0 N–H and O–H groups in total. The molecule has 0 saturated carbocycles. The molecule has 3 aromatic heterocycles. The van der Waals surface area contributed by atoms with Crippen LogP contribution in [0.2, 0.25) is 0 Å². The minimum absolute atomic E-state index is 0.771. The number of benzene rings is 5. The van der Waals surface area contributed by atoms with E-state index in [1.807, 2.05) is 54.6 Å². The highest BCUT2D eigenvalue weighted by Crippen LogP contribution is 2.32. The molecule has 0 bridgehead atoms. The maximum absolute atomic E-state index is 5.17. The summed E-state index contributed by atoms with van der Waals surface area (Å²) in [6, 6.07) is 51.7. The zero-order valence-electron chi connectivity index (χ0n) is 23.2. The van der Waals surface area contributed by atoms with E-state index in [0.29, 0.717) is 0 Å². The number of hydrogen-bond donors (Lipinski definition) is 0. The average molecular weight is 552 g/mol. The minimum Gasteiger partial charge on any atom is -0.275 e. The predicted molar refractivity (Wildman–Crippen MR) is 174 cm³/mol. The summed E-state index contributed by atoms with van der Waals surface area (Å²) in [6.07, 6.45) is 0. The molecule has 0 unspecified atom stereocenters. The van der Waals surface area contributed by atoms with Crippen LogP contribution in [0.3, 0.4) is 0 Å². The molecule has 8 rings (SSSR count). The lowest BCUT2D eigenvalue weighted by molar-refractivity contribution is 1.07. The van der Waals surface area contributed by atoms with Gasteiger partial charge in [0.15, 0.2) is 11.6 Å². The normalized spacial score (nSPS) is 11.3. The Bertz CT molecular complexity index is 2220. The summed E-state index contributed by atoms with van der Waals surface area (Å²) >= 11 is 0. The monoisotopic (exact) mass is 551 g/mol. The number of pyridine rings is 2. The summed E-state index contributed by atoms with van der Waals surface area (Å²) in [7, 11) is 0. The highest BCUT2D eigenvalue weighted by molar-refractivity contribution is 6.04. The third kappa shape index (κ3) is 4.53. The van der Waals surface area contributed by atoms with Gasteiger partial charge in [0, 0.05) is 38.7 Å². The summed E-state index contributed by atoms with van der Waals surface area (Å²) < 4.78 is 2.12. The van der Waals surface area contributed by atoms with Crippen LogP contribution < -0.4 is 0 Å². The van der Waals surface area contributed by atoms with Crippen molar-refractivity contribution in [3.63, 3.8) is 0 Å². The molecule has 5 nitrogen and oxygen atoms in total. The van der Waals surface area contributed by atoms with Crippen molar-refractivity contribution in [1.82, 2.24) is 24.7 Å². The van der Waals surface area contributed by atoms with Crippen LogP contribution in [0.1, 0.15) is 0 Å². The van der Waals surface area contributed by atoms with E-state index in [2.05, 4.69) is 112 Å². The van der Waals surface area contributed by atoms with E-state index in [9.17, 15) is 0 Å². The first kappa shape index (κ1) is 24.8. The molecule has 0 aliphatic heterocycles. The molecule has 0 aliphatic carbocycles. The molecule has 202 valence electrons. The molecule has 0 spiro atoms. The molecule has 0 aliphatic rings. The van der Waals surface area contributed by atoms with Gasteiger partial charge in [0.1, 0.15) is 0 Å². The fourth-order valence-corrected chi connectivity index (χ4v) is 5.58. The molecule has 3 heterocycles. The molecule has 0 saturated heterocycles. The molecular formula is C38H25N5. The smallest absolute Gasteiger partial charge is 0.168 e. The lowest BCUT2D eigenvalue weighted by Crippen LogP contribution is -2.00. The lowest BCUT2D eigenvalue weighted by atomic mass is 10.0. The number of para-hydroxylation sites is 1. The maximum Gasteiger partial charge on any atom is 0.168 e. The van der Waals surface area contributed by atoms with E-state index in [0.717, 1.165) is 72.8 Å². The first-order valence-corrected chi connectivity index (χ1v) is 14.2. The molecule has 43 heavy (non-hydrogen) atoms. The van der Waals surface area contributed by atoms with Gasteiger partial charge >= 0.3 is 0 Å². The quantitative estimate of drug-likeness (QED) is 0.200. The van der Waals surface area contributed by atoms with Crippen molar-refractivity contribution in [3.8, 4) is 51.0 Å². The van der Waals surface area contributed by atoms with Gasteiger partial charge in [-0.2, -0.15) is 0 Å². The van der Waals surface area contributed by atoms with Crippen LogP contribution in [0.15, 0.2) is 152 Å². The van der Waals surface area contributed by atoms with E-state index >= 15 is 0 Å². The van der Waals surface area contributed by atoms with Gasteiger partial charge in [0.2, 0.25) is 0 Å². The van der Waals surface area contributed by atoms with Gasteiger partial charge in [0.25, 0.3) is 0 Å². The fraction of sp³-hybridized carbons (Fsp3) is 0. The molecule has 0 amide bonds. The Morgan fingerprint density at radius 1 is 0.372 bits per heavy atom. The number of rotatable bonds is 5. The maximum atomic E-state index is 5.17. The Hall–Kier alpha value is -5.94. The molecular weight excluding hydrogens is 526 g/mol. The number of nitrogens with zero attached hydrogens (tertiary/aromatic N) is 5. The third-order valence-electron chi connectivity index (χ3n) is 7.72. The van der Waals surface area contributed by atoms with Gasteiger partial charge in [-0.05, 0) is 30.3 Å². The standard InChI is InChI=1S/C38H25N5/c1-4-11-26(12-5-1)33-23-21-27-19-20-28-22-24-34(40-36(28)35(27)39-33)30-15-10-16-31(25-30)38-42-41-37(29-13-6-2-7-14-29)43(38)32-17-8-3-9-18-32/h1-25H. The van der Waals surface area contributed by atoms with Crippen LogP contribution in [0.4, 0.5) is 0 Å². The predicted octanol–water partition coefficient (Wildman–Crippen LogP) is 9.03. The number of fused-ring (bicyclic) bond motifs is 3. The second-order valence-corrected chi connectivity index (χ2v) is 10.4. The van der Waals surface area contributed by atoms with Crippen LogP contribution in [0.5, 0.6) is 0 Å². The summed E-state index contributed by atoms with van der Waals surface area (Å²) in [5.74, 6) is 1.56. The van der Waals surface area contributed by atoms with E-state index in [-0.39, 0.29) is 0 Å². The van der Waals surface area contributed by atoms with Gasteiger partial charge in [0.05, 0.1) is 22.4 Å². The SMILES string of the molecule is c1ccc(-c2ccc3ccc4ccc(-c5cccc(-c6nnc(-c7ccccc7)n6-c6ccccc6)c5)nc4c3n2)cc1. The molecule has 0 radical (unpaired) electrons. The van der Waals surface area contributed by atoms with Crippen molar-refractivity contribution in [2.75, 3.05) is 0 Å². The van der Waals surface area contributed by atoms with Crippen LogP contribution in [0.25, 0.3) is 72.8 Å². The van der Waals surface area contributed by atoms with Crippen molar-refractivity contribution in [1.29, 1.82) is 0 Å². The zero-order valence-corrected chi connectivity index (χ0v) is 23.2. The zero-order chi connectivity index (χ0) is 28.6. The molecule has 8 aromatic rings. The Morgan fingerprint density at radius 3 is 1.47 bits per heavy atom. The first-order chi connectivity index (χ1) is 21.3. The van der Waals surface area contributed by atoms with Gasteiger partial charge in [-0.3, -0.25) is 4.57 Å². The topological polar surface area (TPSA) is 56.5 Å². The van der Waals surface area contributed by atoms with Crippen LogP contribution in [-0.4, -0.2) is 24.7 Å². The second kappa shape index (κ2) is 10.5. The average Bonchev–Trinajstić information content (AvgIpc) is 3.54. The Labute approximate surface area is 248 Å². The number of hydrogen-bond acceptors (Lipinski definition) is 4. The van der Waals surface area contributed by atoms with Crippen molar-refractivity contribution >= 4 is 21.8 Å².